The number of rotatable bonds is 5. The SMILES string of the molecule is CCCN/C=C\C(=O)c1cccs1. The van der Waals surface area contributed by atoms with Crippen molar-refractivity contribution in [1.82, 2.24) is 5.32 Å². The molecule has 0 saturated carbocycles. The summed E-state index contributed by atoms with van der Waals surface area (Å²) in [5.74, 6) is 0.0682. The van der Waals surface area contributed by atoms with Gasteiger partial charge in [0.2, 0.25) is 0 Å². The molecule has 0 aliphatic heterocycles. The number of hydrogen-bond acceptors (Lipinski definition) is 3. The quantitative estimate of drug-likeness (QED) is 0.444. The predicted molar refractivity (Wildman–Crippen MR) is 56.1 cm³/mol. The van der Waals surface area contributed by atoms with Crippen molar-refractivity contribution in [1.29, 1.82) is 0 Å². The molecule has 2 nitrogen and oxygen atoms in total. The van der Waals surface area contributed by atoms with E-state index in [0.717, 1.165) is 17.8 Å². The zero-order valence-electron chi connectivity index (χ0n) is 7.62. The Kier molecular flexibility index (Phi) is 4.26. The van der Waals surface area contributed by atoms with E-state index in [9.17, 15) is 4.79 Å². The van der Waals surface area contributed by atoms with E-state index < -0.39 is 0 Å². The van der Waals surface area contributed by atoms with Crippen LogP contribution in [0.3, 0.4) is 0 Å². The van der Waals surface area contributed by atoms with Crippen LogP contribution in [0.5, 0.6) is 0 Å². The van der Waals surface area contributed by atoms with Gasteiger partial charge in [0.05, 0.1) is 4.88 Å². The Morgan fingerprint density at radius 3 is 3.15 bits per heavy atom. The Bertz CT molecular complexity index is 277. The van der Waals surface area contributed by atoms with Gasteiger partial charge in [-0.05, 0) is 17.9 Å². The lowest BCUT2D eigenvalue weighted by Crippen LogP contribution is -2.06. The molecule has 0 radical (unpaired) electrons. The van der Waals surface area contributed by atoms with E-state index in [0.29, 0.717) is 0 Å². The standard InChI is InChI=1S/C10H13NOS/c1-2-6-11-7-5-9(12)10-4-3-8-13-10/h3-5,7-8,11H,2,6H2,1H3/b7-5-. The fourth-order valence-corrected chi connectivity index (χ4v) is 1.51. The van der Waals surface area contributed by atoms with Crippen molar-refractivity contribution in [2.24, 2.45) is 0 Å². The van der Waals surface area contributed by atoms with Crippen LogP contribution in [0.2, 0.25) is 0 Å². The van der Waals surface area contributed by atoms with Gasteiger partial charge in [0.25, 0.3) is 0 Å². The maximum absolute atomic E-state index is 11.4. The summed E-state index contributed by atoms with van der Waals surface area (Å²) in [7, 11) is 0. The van der Waals surface area contributed by atoms with Crippen LogP contribution in [-0.2, 0) is 0 Å². The van der Waals surface area contributed by atoms with Gasteiger partial charge in [-0.1, -0.05) is 13.0 Å². The summed E-state index contributed by atoms with van der Waals surface area (Å²) >= 11 is 1.47. The molecule has 0 aliphatic rings. The van der Waals surface area contributed by atoms with Crippen LogP contribution in [0.1, 0.15) is 23.0 Å². The van der Waals surface area contributed by atoms with E-state index in [1.54, 1.807) is 12.3 Å². The van der Waals surface area contributed by atoms with Crippen molar-refractivity contribution >= 4 is 17.1 Å². The van der Waals surface area contributed by atoms with Crippen LogP contribution in [0.25, 0.3) is 0 Å². The number of nitrogens with one attached hydrogen (secondary N) is 1. The minimum atomic E-state index is 0.0682. The van der Waals surface area contributed by atoms with Gasteiger partial charge in [-0.3, -0.25) is 4.79 Å². The highest BCUT2D eigenvalue weighted by atomic mass is 32.1. The maximum Gasteiger partial charge on any atom is 0.197 e. The zero-order valence-corrected chi connectivity index (χ0v) is 8.43. The molecule has 70 valence electrons. The summed E-state index contributed by atoms with van der Waals surface area (Å²) in [4.78, 5) is 12.1. The molecule has 1 N–H and O–H groups in total. The number of carbonyl (C=O) groups is 1. The minimum Gasteiger partial charge on any atom is -0.391 e. The molecule has 0 aliphatic carbocycles. The summed E-state index contributed by atoms with van der Waals surface area (Å²) in [6.07, 6.45) is 4.35. The van der Waals surface area contributed by atoms with Gasteiger partial charge >= 0.3 is 0 Å². The average Bonchev–Trinajstić information content (AvgIpc) is 2.65. The Hall–Kier alpha value is -1.09. The first-order valence-electron chi connectivity index (χ1n) is 4.32. The monoisotopic (exact) mass is 195 g/mol. The minimum absolute atomic E-state index is 0.0682. The van der Waals surface area contributed by atoms with Crippen molar-refractivity contribution in [2.75, 3.05) is 6.54 Å². The van der Waals surface area contributed by atoms with Crippen molar-refractivity contribution in [3.63, 3.8) is 0 Å². The second kappa shape index (κ2) is 5.54. The largest absolute Gasteiger partial charge is 0.391 e. The Labute approximate surface area is 82.3 Å². The van der Waals surface area contributed by atoms with Crippen molar-refractivity contribution < 1.29 is 4.79 Å². The smallest absolute Gasteiger partial charge is 0.197 e. The lowest BCUT2D eigenvalue weighted by Gasteiger charge is -1.93. The van der Waals surface area contributed by atoms with E-state index in [4.69, 9.17) is 0 Å². The number of carbonyl (C=O) groups excluding carboxylic acids is 1. The number of ketones is 1. The molecule has 0 bridgehead atoms. The maximum atomic E-state index is 11.4. The molecule has 0 spiro atoms. The van der Waals surface area contributed by atoms with Crippen LogP contribution < -0.4 is 5.32 Å². The third-order valence-corrected chi connectivity index (χ3v) is 2.40. The van der Waals surface area contributed by atoms with E-state index in [1.165, 1.54) is 11.3 Å². The van der Waals surface area contributed by atoms with Crippen molar-refractivity contribution in [3.05, 3.63) is 34.7 Å². The van der Waals surface area contributed by atoms with Gasteiger partial charge < -0.3 is 5.32 Å². The predicted octanol–water partition coefficient (Wildman–Crippen LogP) is 2.44. The summed E-state index contributed by atoms with van der Waals surface area (Å²) in [6.45, 7) is 3.00. The summed E-state index contributed by atoms with van der Waals surface area (Å²) in [5, 5.41) is 4.93. The molecule has 1 aromatic rings. The van der Waals surface area contributed by atoms with E-state index in [1.807, 2.05) is 17.5 Å². The number of thiophene rings is 1. The molecular weight excluding hydrogens is 182 g/mol. The van der Waals surface area contributed by atoms with Gasteiger partial charge in [0, 0.05) is 18.8 Å². The molecule has 0 saturated heterocycles. The van der Waals surface area contributed by atoms with Gasteiger partial charge in [-0.2, -0.15) is 0 Å². The fourth-order valence-electron chi connectivity index (χ4n) is 0.863. The third-order valence-electron chi connectivity index (χ3n) is 1.51. The van der Waals surface area contributed by atoms with Gasteiger partial charge in [-0.15, -0.1) is 11.3 Å². The zero-order chi connectivity index (χ0) is 9.52. The molecule has 0 aromatic carbocycles. The molecular formula is C10H13NOS. The van der Waals surface area contributed by atoms with Crippen LogP contribution in [0.4, 0.5) is 0 Å². The molecule has 3 heteroatoms. The molecule has 0 amide bonds. The van der Waals surface area contributed by atoms with Crippen LogP contribution in [-0.4, -0.2) is 12.3 Å². The molecule has 0 fully saturated rings. The first kappa shape index (κ1) is 9.99. The number of allylic oxidation sites excluding steroid dienone is 1. The van der Waals surface area contributed by atoms with Gasteiger partial charge in [-0.25, -0.2) is 0 Å². The number of hydrogen-bond donors (Lipinski definition) is 1. The van der Waals surface area contributed by atoms with Crippen LogP contribution >= 0.6 is 11.3 Å². The summed E-state index contributed by atoms with van der Waals surface area (Å²) in [6, 6.07) is 3.71. The molecule has 1 heterocycles. The van der Waals surface area contributed by atoms with Crippen LogP contribution in [0.15, 0.2) is 29.8 Å². The highest BCUT2D eigenvalue weighted by Gasteiger charge is 2.00. The average molecular weight is 195 g/mol. The molecule has 0 unspecified atom stereocenters. The van der Waals surface area contributed by atoms with E-state index >= 15 is 0 Å². The van der Waals surface area contributed by atoms with Gasteiger partial charge in [0.15, 0.2) is 5.78 Å². The lowest BCUT2D eigenvalue weighted by atomic mass is 10.3. The molecule has 1 aromatic heterocycles. The van der Waals surface area contributed by atoms with E-state index in [-0.39, 0.29) is 5.78 Å². The summed E-state index contributed by atoms with van der Waals surface area (Å²) < 4.78 is 0. The Balaban J connectivity index is 2.38. The van der Waals surface area contributed by atoms with Crippen molar-refractivity contribution in [2.45, 2.75) is 13.3 Å². The molecule has 13 heavy (non-hydrogen) atoms. The third kappa shape index (κ3) is 3.42. The highest BCUT2D eigenvalue weighted by molar-refractivity contribution is 7.12. The second-order valence-electron chi connectivity index (χ2n) is 2.63. The lowest BCUT2D eigenvalue weighted by molar-refractivity contribution is 0.105. The summed E-state index contributed by atoms with van der Waals surface area (Å²) in [5.41, 5.74) is 0. The Morgan fingerprint density at radius 1 is 1.69 bits per heavy atom. The molecule has 0 atom stereocenters. The topological polar surface area (TPSA) is 29.1 Å². The van der Waals surface area contributed by atoms with Gasteiger partial charge in [0.1, 0.15) is 0 Å². The fraction of sp³-hybridized carbons (Fsp3) is 0.300. The molecule has 1 rings (SSSR count). The highest BCUT2D eigenvalue weighted by Crippen LogP contribution is 2.09. The second-order valence-corrected chi connectivity index (χ2v) is 3.58. The van der Waals surface area contributed by atoms with Crippen LogP contribution in [0, 0.1) is 0 Å². The normalized spacial score (nSPS) is 10.5. The first-order chi connectivity index (χ1) is 6.34. The van der Waals surface area contributed by atoms with E-state index in [2.05, 4.69) is 12.2 Å². The Morgan fingerprint density at radius 2 is 2.54 bits per heavy atom. The van der Waals surface area contributed by atoms with Crippen molar-refractivity contribution in [3.8, 4) is 0 Å². The first-order valence-corrected chi connectivity index (χ1v) is 5.20.